The van der Waals surface area contributed by atoms with Crippen LogP contribution in [0.1, 0.15) is 73.1 Å². The fourth-order valence-corrected chi connectivity index (χ4v) is 3.54. The van der Waals surface area contributed by atoms with E-state index in [1.807, 2.05) is 0 Å². The molecule has 1 saturated carbocycles. The topological polar surface area (TPSA) is 12.0 Å². The Kier molecular flexibility index (Phi) is 7.29. The molecule has 0 spiro atoms. The smallest absolute Gasteiger partial charge is 0.00954 e. The Morgan fingerprint density at radius 1 is 1.11 bits per heavy atom. The first-order valence-electron chi connectivity index (χ1n) is 8.27. The van der Waals surface area contributed by atoms with Crippen LogP contribution < -0.4 is 5.32 Å². The van der Waals surface area contributed by atoms with Gasteiger partial charge in [-0.05, 0) is 55.9 Å². The van der Waals surface area contributed by atoms with Gasteiger partial charge in [-0.1, -0.05) is 47.5 Å². The van der Waals surface area contributed by atoms with Crippen LogP contribution in [0.15, 0.2) is 0 Å². The van der Waals surface area contributed by atoms with Crippen molar-refractivity contribution in [3.63, 3.8) is 0 Å². The van der Waals surface area contributed by atoms with Crippen LogP contribution >= 0.6 is 0 Å². The molecule has 0 saturated heterocycles. The van der Waals surface area contributed by atoms with E-state index >= 15 is 0 Å². The zero-order valence-corrected chi connectivity index (χ0v) is 13.3. The highest BCUT2D eigenvalue weighted by molar-refractivity contribution is 4.85. The van der Waals surface area contributed by atoms with Gasteiger partial charge in [-0.3, -0.25) is 0 Å². The first kappa shape index (κ1) is 16.0. The van der Waals surface area contributed by atoms with E-state index in [1.165, 1.54) is 38.5 Å². The van der Waals surface area contributed by atoms with Gasteiger partial charge in [0.2, 0.25) is 0 Å². The maximum atomic E-state index is 3.73. The summed E-state index contributed by atoms with van der Waals surface area (Å²) in [6.45, 7) is 12.9. The molecule has 1 aliphatic carbocycles. The lowest BCUT2D eigenvalue weighted by atomic mass is 9.72. The molecule has 1 fully saturated rings. The van der Waals surface area contributed by atoms with Gasteiger partial charge in [0, 0.05) is 6.04 Å². The summed E-state index contributed by atoms with van der Waals surface area (Å²) in [4.78, 5) is 0. The van der Waals surface area contributed by atoms with Gasteiger partial charge in [0.1, 0.15) is 0 Å². The second kappa shape index (κ2) is 8.19. The highest BCUT2D eigenvalue weighted by Crippen LogP contribution is 2.36. The predicted octanol–water partition coefficient (Wildman–Crippen LogP) is 4.86. The lowest BCUT2D eigenvalue weighted by Crippen LogP contribution is -2.41. The van der Waals surface area contributed by atoms with Crippen LogP contribution in [-0.2, 0) is 0 Å². The summed E-state index contributed by atoms with van der Waals surface area (Å²) in [6, 6.07) is 0.803. The highest BCUT2D eigenvalue weighted by Gasteiger charge is 2.30. The largest absolute Gasteiger partial charge is 0.314 e. The Morgan fingerprint density at radius 2 is 1.83 bits per heavy atom. The molecule has 1 rings (SSSR count). The predicted molar refractivity (Wildman–Crippen MR) is 81.8 cm³/mol. The molecular weight excluding hydrogens is 218 g/mol. The zero-order valence-electron chi connectivity index (χ0n) is 13.3. The van der Waals surface area contributed by atoms with Crippen molar-refractivity contribution >= 4 is 0 Å². The van der Waals surface area contributed by atoms with Crippen molar-refractivity contribution in [1.29, 1.82) is 0 Å². The molecule has 0 radical (unpaired) electrons. The Labute approximate surface area is 115 Å². The van der Waals surface area contributed by atoms with Gasteiger partial charge in [-0.15, -0.1) is 0 Å². The van der Waals surface area contributed by atoms with Crippen LogP contribution in [0.4, 0.5) is 0 Å². The number of rotatable bonds is 7. The molecule has 3 atom stereocenters. The maximum absolute atomic E-state index is 3.73. The van der Waals surface area contributed by atoms with Crippen LogP contribution in [0.25, 0.3) is 0 Å². The standard InChI is InChI=1S/C17H35N/c1-6-18-17-11-10-15(14(4)5)12-16(17)9-7-8-13(2)3/h13-18H,6-12H2,1-5H3. The van der Waals surface area contributed by atoms with E-state index in [2.05, 4.69) is 39.9 Å². The number of hydrogen-bond acceptors (Lipinski definition) is 1. The van der Waals surface area contributed by atoms with Crippen LogP contribution in [-0.4, -0.2) is 12.6 Å². The quantitative estimate of drug-likeness (QED) is 0.683. The molecule has 0 bridgehead atoms. The summed E-state index contributed by atoms with van der Waals surface area (Å²) < 4.78 is 0. The lowest BCUT2D eigenvalue weighted by Gasteiger charge is -2.38. The van der Waals surface area contributed by atoms with E-state index in [9.17, 15) is 0 Å². The fourth-order valence-electron chi connectivity index (χ4n) is 3.54. The lowest BCUT2D eigenvalue weighted by molar-refractivity contribution is 0.158. The van der Waals surface area contributed by atoms with Gasteiger partial charge in [-0.2, -0.15) is 0 Å². The van der Waals surface area contributed by atoms with E-state index in [1.54, 1.807) is 0 Å². The molecule has 1 nitrogen and oxygen atoms in total. The summed E-state index contributed by atoms with van der Waals surface area (Å²) in [5, 5.41) is 3.73. The first-order chi connectivity index (χ1) is 8.54. The van der Waals surface area contributed by atoms with Crippen LogP contribution in [0.3, 0.4) is 0 Å². The minimum absolute atomic E-state index is 0.803. The molecule has 1 N–H and O–H groups in total. The first-order valence-corrected chi connectivity index (χ1v) is 8.27. The maximum Gasteiger partial charge on any atom is 0.00954 e. The van der Waals surface area contributed by atoms with Crippen molar-refractivity contribution in [3.05, 3.63) is 0 Å². The summed E-state index contributed by atoms with van der Waals surface area (Å²) in [6.07, 6.45) is 8.59. The Morgan fingerprint density at radius 3 is 2.39 bits per heavy atom. The van der Waals surface area contributed by atoms with Gasteiger partial charge in [-0.25, -0.2) is 0 Å². The second-order valence-corrected chi connectivity index (χ2v) is 7.07. The Hall–Kier alpha value is -0.0400. The molecule has 18 heavy (non-hydrogen) atoms. The molecule has 1 aliphatic rings. The minimum atomic E-state index is 0.803. The second-order valence-electron chi connectivity index (χ2n) is 7.07. The Bertz CT molecular complexity index is 210. The van der Waals surface area contributed by atoms with Crippen LogP contribution in [0.5, 0.6) is 0 Å². The zero-order chi connectivity index (χ0) is 13.5. The summed E-state index contributed by atoms with van der Waals surface area (Å²) in [5.74, 6) is 3.65. The van der Waals surface area contributed by atoms with E-state index in [0.717, 1.165) is 36.3 Å². The molecule has 3 unspecified atom stereocenters. The number of hydrogen-bond donors (Lipinski definition) is 1. The van der Waals surface area contributed by atoms with Crippen molar-refractivity contribution in [2.45, 2.75) is 79.2 Å². The molecule has 108 valence electrons. The molecule has 0 aromatic heterocycles. The van der Waals surface area contributed by atoms with E-state index < -0.39 is 0 Å². The molecule has 1 heteroatoms. The van der Waals surface area contributed by atoms with Gasteiger partial charge in [0.05, 0.1) is 0 Å². The van der Waals surface area contributed by atoms with Gasteiger partial charge >= 0.3 is 0 Å². The monoisotopic (exact) mass is 253 g/mol. The van der Waals surface area contributed by atoms with Crippen molar-refractivity contribution in [2.75, 3.05) is 6.54 Å². The van der Waals surface area contributed by atoms with Gasteiger partial charge in [0.15, 0.2) is 0 Å². The van der Waals surface area contributed by atoms with Crippen molar-refractivity contribution in [2.24, 2.45) is 23.7 Å². The summed E-state index contributed by atoms with van der Waals surface area (Å²) in [7, 11) is 0. The van der Waals surface area contributed by atoms with E-state index in [-0.39, 0.29) is 0 Å². The SMILES string of the molecule is CCNC1CCC(C(C)C)CC1CCCC(C)C. The van der Waals surface area contributed by atoms with Gasteiger partial charge < -0.3 is 5.32 Å². The number of nitrogens with one attached hydrogen (secondary N) is 1. The third-order valence-corrected chi connectivity index (χ3v) is 4.79. The average molecular weight is 253 g/mol. The third kappa shape index (κ3) is 5.30. The minimum Gasteiger partial charge on any atom is -0.314 e. The summed E-state index contributed by atoms with van der Waals surface area (Å²) in [5.41, 5.74) is 0. The van der Waals surface area contributed by atoms with Gasteiger partial charge in [0.25, 0.3) is 0 Å². The highest BCUT2D eigenvalue weighted by atomic mass is 14.9. The average Bonchev–Trinajstić information content (AvgIpc) is 2.30. The van der Waals surface area contributed by atoms with Crippen molar-refractivity contribution in [3.8, 4) is 0 Å². The van der Waals surface area contributed by atoms with Crippen LogP contribution in [0, 0.1) is 23.7 Å². The Balaban J connectivity index is 2.44. The molecule has 0 aromatic rings. The van der Waals surface area contributed by atoms with Crippen molar-refractivity contribution < 1.29 is 0 Å². The molecular formula is C17H35N. The molecule has 0 aliphatic heterocycles. The van der Waals surface area contributed by atoms with Crippen LogP contribution in [0.2, 0.25) is 0 Å². The normalized spacial score (nSPS) is 29.2. The third-order valence-electron chi connectivity index (χ3n) is 4.79. The fraction of sp³-hybridized carbons (Fsp3) is 1.00. The van der Waals surface area contributed by atoms with E-state index in [0.29, 0.717) is 0 Å². The summed E-state index contributed by atoms with van der Waals surface area (Å²) >= 11 is 0. The van der Waals surface area contributed by atoms with Crippen molar-refractivity contribution in [1.82, 2.24) is 5.32 Å². The molecule has 0 aromatic carbocycles. The molecule has 0 amide bonds. The molecule has 0 heterocycles. The van der Waals surface area contributed by atoms with E-state index in [4.69, 9.17) is 0 Å².